The molecular weight excluding hydrogens is 367 g/mol. The number of nitrogens with one attached hydrogen (secondary N) is 2. The van der Waals surface area contributed by atoms with Crippen LogP contribution in [0.5, 0.6) is 5.75 Å². The molecule has 2 amide bonds. The van der Waals surface area contributed by atoms with Gasteiger partial charge in [-0.1, -0.05) is 6.07 Å². The Morgan fingerprint density at radius 1 is 1.11 bits per heavy atom. The number of rotatable bonds is 7. The molecule has 1 unspecified atom stereocenters. The van der Waals surface area contributed by atoms with Crippen molar-refractivity contribution in [2.24, 2.45) is 0 Å². The van der Waals surface area contributed by atoms with E-state index in [-0.39, 0.29) is 5.69 Å². The maximum Gasteiger partial charge on any atom is 0.326 e. The Kier molecular flexibility index (Phi) is 7.08. The monoisotopic (exact) mass is 388 g/mol. The average Bonchev–Trinajstić information content (AvgIpc) is 2.69. The summed E-state index contributed by atoms with van der Waals surface area (Å²) in [4.78, 5) is 35.9. The predicted octanol–water partition coefficient (Wildman–Crippen LogP) is 2.44. The molecule has 0 bridgehead atoms. The van der Waals surface area contributed by atoms with Gasteiger partial charge >= 0.3 is 5.97 Å². The van der Waals surface area contributed by atoms with Gasteiger partial charge < -0.3 is 20.1 Å². The number of methoxy groups -OCH3 is 1. The second-order valence-corrected chi connectivity index (χ2v) is 6.00. The molecule has 0 aliphatic carbocycles. The first-order valence-corrected chi connectivity index (χ1v) is 8.49. The van der Waals surface area contributed by atoms with E-state index in [1.807, 2.05) is 0 Å². The Bertz CT molecular complexity index is 867. The smallest absolute Gasteiger partial charge is 0.326 e. The van der Waals surface area contributed by atoms with Crippen LogP contribution in [0.1, 0.15) is 22.8 Å². The molecule has 2 N–H and O–H groups in total. The summed E-state index contributed by atoms with van der Waals surface area (Å²) < 4.78 is 23.5. The second kappa shape index (κ2) is 9.50. The van der Waals surface area contributed by atoms with E-state index in [4.69, 9.17) is 9.47 Å². The lowest BCUT2D eigenvalue weighted by atomic mass is 10.2. The number of hydrogen-bond donors (Lipinski definition) is 2. The number of carbonyl (C=O) groups is 3. The summed E-state index contributed by atoms with van der Waals surface area (Å²) in [5, 5.41) is 4.87. The van der Waals surface area contributed by atoms with Gasteiger partial charge in [0.05, 0.1) is 7.11 Å². The Labute approximate surface area is 161 Å². The highest BCUT2D eigenvalue weighted by Crippen LogP contribution is 2.14. The highest BCUT2D eigenvalue weighted by molar-refractivity contribution is 5.97. The number of hydrogen-bond acceptors (Lipinski definition) is 5. The number of halogens is 1. The molecule has 1 atom stereocenters. The van der Waals surface area contributed by atoms with Crippen LogP contribution in [-0.2, 0) is 14.3 Å². The molecule has 2 aromatic rings. The lowest BCUT2D eigenvalue weighted by molar-refractivity contribution is -0.152. The molecule has 0 aliphatic rings. The molecule has 0 saturated carbocycles. The van der Waals surface area contributed by atoms with Crippen molar-refractivity contribution in [2.45, 2.75) is 20.0 Å². The van der Waals surface area contributed by atoms with Crippen LogP contribution >= 0.6 is 0 Å². The minimum atomic E-state index is -1.12. The minimum absolute atomic E-state index is 0.254. The molecule has 0 spiro atoms. The van der Waals surface area contributed by atoms with E-state index < -0.39 is 36.2 Å². The molecule has 28 heavy (non-hydrogen) atoms. The van der Waals surface area contributed by atoms with Crippen LogP contribution in [-0.4, -0.2) is 37.5 Å². The Balaban J connectivity index is 1.81. The molecule has 8 heteroatoms. The average molecular weight is 388 g/mol. The van der Waals surface area contributed by atoms with Gasteiger partial charge in [-0.15, -0.1) is 0 Å². The fourth-order valence-corrected chi connectivity index (χ4v) is 2.20. The van der Waals surface area contributed by atoms with Crippen LogP contribution in [0.4, 0.5) is 10.1 Å². The van der Waals surface area contributed by atoms with E-state index in [1.165, 1.54) is 26.2 Å². The molecule has 0 saturated heterocycles. The van der Waals surface area contributed by atoms with Crippen LogP contribution in [0.2, 0.25) is 0 Å². The predicted molar refractivity (Wildman–Crippen MR) is 101 cm³/mol. The van der Waals surface area contributed by atoms with Crippen LogP contribution in [0, 0.1) is 12.7 Å². The highest BCUT2D eigenvalue weighted by atomic mass is 19.1. The van der Waals surface area contributed by atoms with Crippen molar-refractivity contribution in [1.29, 1.82) is 0 Å². The van der Waals surface area contributed by atoms with E-state index in [2.05, 4.69) is 10.6 Å². The van der Waals surface area contributed by atoms with Gasteiger partial charge in [0.15, 0.2) is 6.10 Å². The first kappa shape index (κ1) is 20.9. The van der Waals surface area contributed by atoms with Crippen molar-refractivity contribution in [3.63, 3.8) is 0 Å². The molecule has 0 aliphatic heterocycles. The topological polar surface area (TPSA) is 93.7 Å². The van der Waals surface area contributed by atoms with E-state index in [0.29, 0.717) is 16.9 Å². The quantitative estimate of drug-likeness (QED) is 0.711. The van der Waals surface area contributed by atoms with Gasteiger partial charge in [-0.05, 0) is 55.8 Å². The van der Waals surface area contributed by atoms with Gasteiger partial charge in [0, 0.05) is 11.3 Å². The molecule has 0 fully saturated rings. The third-order valence-electron chi connectivity index (χ3n) is 3.86. The van der Waals surface area contributed by atoms with E-state index in [1.54, 1.807) is 37.3 Å². The summed E-state index contributed by atoms with van der Waals surface area (Å²) in [6, 6.07) is 10.6. The van der Waals surface area contributed by atoms with Crippen molar-refractivity contribution in [3.8, 4) is 5.75 Å². The van der Waals surface area contributed by atoms with Gasteiger partial charge in [-0.3, -0.25) is 14.4 Å². The van der Waals surface area contributed by atoms with Crippen LogP contribution in [0.15, 0.2) is 42.5 Å². The Morgan fingerprint density at radius 2 is 1.79 bits per heavy atom. The van der Waals surface area contributed by atoms with Gasteiger partial charge in [0.1, 0.15) is 18.1 Å². The summed E-state index contributed by atoms with van der Waals surface area (Å²) in [7, 11) is 1.51. The summed E-state index contributed by atoms with van der Waals surface area (Å²) in [5.74, 6) is -1.71. The number of carbonyl (C=O) groups excluding carboxylic acids is 3. The van der Waals surface area contributed by atoms with Crippen molar-refractivity contribution in [2.75, 3.05) is 19.0 Å². The van der Waals surface area contributed by atoms with Crippen molar-refractivity contribution >= 4 is 23.5 Å². The number of amides is 2. The second-order valence-electron chi connectivity index (χ2n) is 6.00. The Morgan fingerprint density at radius 3 is 2.39 bits per heavy atom. The van der Waals surface area contributed by atoms with Crippen molar-refractivity contribution < 1.29 is 28.2 Å². The van der Waals surface area contributed by atoms with Gasteiger partial charge in [-0.2, -0.15) is 0 Å². The zero-order valence-electron chi connectivity index (χ0n) is 15.7. The van der Waals surface area contributed by atoms with E-state index >= 15 is 0 Å². The number of anilines is 1. The lowest BCUT2D eigenvalue weighted by Gasteiger charge is -2.14. The third kappa shape index (κ3) is 5.80. The first-order chi connectivity index (χ1) is 13.3. The standard InChI is InChI=1S/C20H21FN2O5/c1-12-4-7-15(10-17(12)21)23-19(25)13(2)28-18(24)11-22-20(26)14-5-8-16(27-3)9-6-14/h4-10,13H,11H2,1-3H3,(H,22,26)(H,23,25). The molecule has 148 valence electrons. The number of esters is 1. The highest BCUT2D eigenvalue weighted by Gasteiger charge is 2.19. The zero-order valence-corrected chi connectivity index (χ0v) is 15.7. The normalized spacial score (nSPS) is 11.3. The maximum atomic E-state index is 13.5. The SMILES string of the molecule is COc1ccc(C(=O)NCC(=O)OC(C)C(=O)Nc2ccc(C)c(F)c2)cc1. The van der Waals surface area contributed by atoms with E-state index in [9.17, 15) is 18.8 Å². The summed E-state index contributed by atoms with van der Waals surface area (Å²) >= 11 is 0. The summed E-state index contributed by atoms with van der Waals surface area (Å²) in [6.45, 7) is 2.58. The summed E-state index contributed by atoms with van der Waals surface area (Å²) in [5.41, 5.74) is 1.05. The van der Waals surface area contributed by atoms with Crippen LogP contribution in [0.25, 0.3) is 0 Å². The summed E-state index contributed by atoms with van der Waals surface area (Å²) in [6.07, 6.45) is -1.12. The maximum absolute atomic E-state index is 13.5. The van der Waals surface area contributed by atoms with E-state index in [0.717, 1.165) is 0 Å². The van der Waals surface area contributed by atoms with Crippen molar-refractivity contribution in [1.82, 2.24) is 5.32 Å². The van der Waals surface area contributed by atoms with Gasteiger partial charge in [0.25, 0.3) is 11.8 Å². The van der Waals surface area contributed by atoms with Crippen LogP contribution < -0.4 is 15.4 Å². The molecule has 0 heterocycles. The number of aryl methyl sites for hydroxylation is 1. The van der Waals surface area contributed by atoms with Gasteiger partial charge in [-0.25, -0.2) is 4.39 Å². The lowest BCUT2D eigenvalue weighted by Crippen LogP contribution is -2.35. The largest absolute Gasteiger partial charge is 0.497 e. The molecule has 0 aromatic heterocycles. The van der Waals surface area contributed by atoms with Crippen LogP contribution in [0.3, 0.4) is 0 Å². The van der Waals surface area contributed by atoms with Gasteiger partial charge in [0.2, 0.25) is 0 Å². The Hall–Kier alpha value is -3.42. The molecular formula is C20H21FN2O5. The number of benzene rings is 2. The fraction of sp³-hybridized carbons (Fsp3) is 0.250. The number of ether oxygens (including phenoxy) is 2. The minimum Gasteiger partial charge on any atom is -0.497 e. The van der Waals surface area contributed by atoms with Crippen molar-refractivity contribution in [3.05, 3.63) is 59.4 Å². The molecule has 2 rings (SSSR count). The zero-order chi connectivity index (χ0) is 20.7. The fourth-order valence-electron chi connectivity index (χ4n) is 2.20. The molecule has 7 nitrogen and oxygen atoms in total. The first-order valence-electron chi connectivity index (χ1n) is 8.49. The molecule has 0 radical (unpaired) electrons. The third-order valence-corrected chi connectivity index (χ3v) is 3.86. The molecule has 2 aromatic carbocycles.